The van der Waals surface area contributed by atoms with E-state index in [4.69, 9.17) is 23.8 Å². The molecule has 14 rings (SSSR count). The molecule has 0 aliphatic rings. The van der Waals surface area contributed by atoms with Crippen LogP contribution in [0.5, 0.6) is 0 Å². The molecular formula is C57H32N4O2. The molecule has 0 saturated carbocycles. The molecule has 10 aromatic carbocycles. The Bertz CT molecular complexity index is 4140. The maximum Gasteiger partial charge on any atom is 0.164 e. The molecule has 0 aliphatic carbocycles. The zero-order valence-corrected chi connectivity index (χ0v) is 33.6. The van der Waals surface area contributed by atoms with Crippen molar-refractivity contribution in [2.24, 2.45) is 0 Å². The zero-order valence-electron chi connectivity index (χ0n) is 33.6. The zero-order chi connectivity index (χ0) is 41.2. The normalized spacial score (nSPS) is 12.1. The van der Waals surface area contributed by atoms with E-state index < -0.39 is 0 Å². The minimum absolute atomic E-state index is 0.573. The largest absolute Gasteiger partial charge is 0.456 e. The highest BCUT2D eigenvalue weighted by Gasteiger charge is 2.24. The SMILES string of the molecule is c1ccc(-c2nc(-c3ccc4oc5cccc(-c6ccc7c8c6c6ccccc6c6cccc(c68)n7-c6ccccc6)c5c4c3)nc(-c3cccc4oc5ccccc5c34)n2)cc1. The average molecular weight is 805 g/mol. The number of hydrogen-bond acceptors (Lipinski definition) is 5. The number of hydrogen-bond donors (Lipinski definition) is 0. The number of aromatic nitrogens is 4. The second-order valence-electron chi connectivity index (χ2n) is 16.2. The van der Waals surface area contributed by atoms with Gasteiger partial charge in [-0.15, -0.1) is 0 Å². The van der Waals surface area contributed by atoms with Crippen molar-refractivity contribution in [2.45, 2.75) is 0 Å². The van der Waals surface area contributed by atoms with Crippen LogP contribution in [-0.4, -0.2) is 19.5 Å². The van der Waals surface area contributed by atoms with Gasteiger partial charge in [-0.05, 0) is 87.9 Å². The molecular weight excluding hydrogens is 773 g/mol. The second-order valence-corrected chi connectivity index (χ2v) is 16.2. The lowest BCUT2D eigenvalue weighted by atomic mass is 9.88. The number of furan rings is 2. The summed E-state index contributed by atoms with van der Waals surface area (Å²) in [5, 5.41) is 11.5. The summed E-state index contributed by atoms with van der Waals surface area (Å²) in [4.78, 5) is 15.5. The topological polar surface area (TPSA) is 69.9 Å². The van der Waals surface area contributed by atoms with Crippen molar-refractivity contribution >= 4 is 87.2 Å². The molecule has 14 aromatic rings. The van der Waals surface area contributed by atoms with Gasteiger partial charge in [0.05, 0.1) is 11.0 Å². The Morgan fingerprint density at radius 3 is 1.67 bits per heavy atom. The van der Waals surface area contributed by atoms with Crippen LogP contribution >= 0.6 is 0 Å². The quantitative estimate of drug-likeness (QED) is 0.162. The third kappa shape index (κ3) is 4.91. The molecule has 6 heteroatoms. The molecule has 0 atom stereocenters. The van der Waals surface area contributed by atoms with Gasteiger partial charge in [-0.2, -0.15) is 0 Å². The predicted octanol–water partition coefficient (Wildman–Crippen LogP) is 15.2. The Morgan fingerprint density at radius 2 is 0.857 bits per heavy atom. The molecule has 6 nitrogen and oxygen atoms in total. The van der Waals surface area contributed by atoms with E-state index in [2.05, 4.69) is 132 Å². The molecule has 0 aliphatic heterocycles. The van der Waals surface area contributed by atoms with Crippen LogP contribution in [0.1, 0.15) is 0 Å². The Kier molecular flexibility index (Phi) is 7.02. The number of para-hydroxylation sites is 2. The molecule has 0 amide bonds. The summed E-state index contributed by atoms with van der Waals surface area (Å²) in [5.41, 5.74) is 11.7. The van der Waals surface area contributed by atoms with Crippen molar-refractivity contribution in [2.75, 3.05) is 0 Å². The second kappa shape index (κ2) is 12.9. The lowest BCUT2D eigenvalue weighted by Crippen LogP contribution is -2.00. The molecule has 0 radical (unpaired) electrons. The summed E-state index contributed by atoms with van der Waals surface area (Å²) >= 11 is 0. The lowest BCUT2D eigenvalue weighted by Gasteiger charge is -2.14. The standard InChI is InChI=1S/C57H32N4O2/c1-3-14-33(15-4-1)55-58-56(60-57(59-55)42-23-13-27-49-51(42)41-20-9-10-25-46(41)62-49)34-28-31-47-43(32-34)50-39(22-12-26-48(50)63-47)40-29-30-45-54-52(40)37-19-8-7-18-36(37)38-21-11-24-44(53(38)54)61(45)35-16-5-2-6-17-35/h1-32H. The van der Waals surface area contributed by atoms with Gasteiger partial charge in [0, 0.05) is 60.1 Å². The van der Waals surface area contributed by atoms with Crippen LogP contribution in [0, 0.1) is 0 Å². The van der Waals surface area contributed by atoms with Crippen LogP contribution in [0.15, 0.2) is 203 Å². The van der Waals surface area contributed by atoms with E-state index >= 15 is 0 Å². The summed E-state index contributed by atoms with van der Waals surface area (Å²) in [5.74, 6) is 1.75. The van der Waals surface area contributed by atoms with Crippen molar-refractivity contribution in [1.29, 1.82) is 0 Å². The summed E-state index contributed by atoms with van der Waals surface area (Å²) in [6.45, 7) is 0. The highest BCUT2D eigenvalue weighted by molar-refractivity contribution is 6.37. The van der Waals surface area contributed by atoms with Crippen LogP contribution in [0.3, 0.4) is 0 Å². The highest BCUT2D eigenvalue weighted by Crippen LogP contribution is 2.49. The van der Waals surface area contributed by atoms with E-state index in [-0.39, 0.29) is 0 Å². The first kappa shape index (κ1) is 34.1. The van der Waals surface area contributed by atoms with Crippen molar-refractivity contribution in [3.8, 4) is 51.0 Å². The Morgan fingerprint density at radius 1 is 0.302 bits per heavy atom. The van der Waals surface area contributed by atoms with E-state index in [1.54, 1.807) is 0 Å². The number of rotatable bonds is 5. The highest BCUT2D eigenvalue weighted by atomic mass is 16.3. The molecule has 0 spiro atoms. The summed E-state index contributed by atoms with van der Waals surface area (Å²) < 4.78 is 15.4. The minimum Gasteiger partial charge on any atom is -0.456 e. The van der Waals surface area contributed by atoms with E-state index in [9.17, 15) is 0 Å². The molecule has 63 heavy (non-hydrogen) atoms. The molecule has 0 unspecified atom stereocenters. The molecule has 4 aromatic heterocycles. The number of fused-ring (bicyclic) bond motifs is 9. The Balaban J connectivity index is 1.03. The van der Waals surface area contributed by atoms with Crippen LogP contribution in [0.2, 0.25) is 0 Å². The molecule has 0 N–H and O–H groups in total. The van der Waals surface area contributed by atoms with Gasteiger partial charge in [0.25, 0.3) is 0 Å². The molecule has 0 saturated heterocycles. The van der Waals surface area contributed by atoms with Gasteiger partial charge < -0.3 is 13.4 Å². The minimum atomic E-state index is 0.573. The van der Waals surface area contributed by atoms with Crippen LogP contribution < -0.4 is 0 Å². The fourth-order valence-corrected chi connectivity index (χ4v) is 10.2. The van der Waals surface area contributed by atoms with Gasteiger partial charge >= 0.3 is 0 Å². The first-order valence-corrected chi connectivity index (χ1v) is 21.2. The summed E-state index contributed by atoms with van der Waals surface area (Å²) in [6, 6.07) is 67.8. The molecule has 0 bridgehead atoms. The van der Waals surface area contributed by atoms with Crippen molar-refractivity contribution < 1.29 is 8.83 Å². The van der Waals surface area contributed by atoms with E-state index in [1.165, 1.54) is 43.4 Å². The summed E-state index contributed by atoms with van der Waals surface area (Å²) in [7, 11) is 0. The fourth-order valence-electron chi connectivity index (χ4n) is 10.2. The first-order chi connectivity index (χ1) is 31.2. The maximum atomic E-state index is 6.68. The lowest BCUT2D eigenvalue weighted by molar-refractivity contribution is 0.668. The van der Waals surface area contributed by atoms with Crippen molar-refractivity contribution in [3.63, 3.8) is 0 Å². The van der Waals surface area contributed by atoms with E-state index in [0.717, 1.165) is 77.4 Å². The maximum absolute atomic E-state index is 6.68. The average Bonchev–Trinajstić information content (AvgIpc) is 4.04. The van der Waals surface area contributed by atoms with Crippen LogP contribution in [0.4, 0.5) is 0 Å². The van der Waals surface area contributed by atoms with E-state index in [0.29, 0.717) is 17.5 Å². The fraction of sp³-hybridized carbons (Fsp3) is 0. The number of benzene rings is 10. The third-order valence-electron chi connectivity index (χ3n) is 12.8. The van der Waals surface area contributed by atoms with Gasteiger partial charge in [0.15, 0.2) is 17.5 Å². The first-order valence-electron chi connectivity index (χ1n) is 21.2. The molecule has 292 valence electrons. The third-order valence-corrected chi connectivity index (χ3v) is 12.8. The molecule has 4 heterocycles. The summed E-state index contributed by atoms with van der Waals surface area (Å²) in [6.07, 6.45) is 0. The predicted molar refractivity (Wildman–Crippen MR) is 257 cm³/mol. The molecule has 0 fully saturated rings. The van der Waals surface area contributed by atoms with Gasteiger partial charge in [-0.3, -0.25) is 0 Å². The van der Waals surface area contributed by atoms with Gasteiger partial charge in [0.1, 0.15) is 22.3 Å². The smallest absolute Gasteiger partial charge is 0.164 e. The monoisotopic (exact) mass is 804 g/mol. The van der Waals surface area contributed by atoms with Gasteiger partial charge in [-0.1, -0.05) is 133 Å². The Hall–Kier alpha value is -8.61. The van der Waals surface area contributed by atoms with Crippen LogP contribution in [-0.2, 0) is 0 Å². The van der Waals surface area contributed by atoms with Crippen molar-refractivity contribution in [3.05, 3.63) is 194 Å². The van der Waals surface area contributed by atoms with Gasteiger partial charge in [0.2, 0.25) is 0 Å². The van der Waals surface area contributed by atoms with Crippen LogP contribution in [0.25, 0.3) is 138 Å². The number of nitrogens with zero attached hydrogens (tertiary/aromatic N) is 4. The van der Waals surface area contributed by atoms with Gasteiger partial charge in [-0.25, -0.2) is 15.0 Å². The van der Waals surface area contributed by atoms with E-state index in [1.807, 2.05) is 66.7 Å². The van der Waals surface area contributed by atoms with Crippen molar-refractivity contribution in [1.82, 2.24) is 19.5 Å². The Labute approximate surface area is 359 Å².